The Morgan fingerprint density at radius 2 is 2.06 bits per heavy atom. The Labute approximate surface area is 118 Å². The highest BCUT2D eigenvalue weighted by molar-refractivity contribution is 9.10. The van der Waals surface area contributed by atoms with E-state index in [-0.39, 0.29) is 0 Å². The molecule has 0 aliphatic carbocycles. The van der Waals surface area contributed by atoms with Crippen LogP contribution in [0.3, 0.4) is 0 Å². The van der Waals surface area contributed by atoms with E-state index in [1.165, 1.54) is 0 Å². The van der Waals surface area contributed by atoms with Gasteiger partial charge in [0.1, 0.15) is 6.07 Å². The normalized spacial score (nSPS) is 12.3. The number of nitrogens with zero attached hydrogens (tertiary/aromatic N) is 3. The van der Waals surface area contributed by atoms with Gasteiger partial charge in [-0.3, -0.25) is 0 Å². The summed E-state index contributed by atoms with van der Waals surface area (Å²) in [6.45, 7) is 6.16. The van der Waals surface area contributed by atoms with Gasteiger partial charge in [0, 0.05) is 23.6 Å². The van der Waals surface area contributed by atoms with Crippen LogP contribution in [0.2, 0.25) is 0 Å². The van der Waals surface area contributed by atoms with Crippen molar-refractivity contribution in [3.8, 4) is 6.07 Å². The van der Waals surface area contributed by atoms with E-state index in [0.717, 1.165) is 23.2 Å². The Morgan fingerprint density at radius 1 is 1.39 bits per heavy atom. The van der Waals surface area contributed by atoms with Gasteiger partial charge in [-0.2, -0.15) is 5.26 Å². The van der Waals surface area contributed by atoms with Crippen LogP contribution >= 0.6 is 15.9 Å². The Bertz CT molecular complexity index is 437. The van der Waals surface area contributed by atoms with E-state index in [1.54, 1.807) is 0 Å². The summed E-state index contributed by atoms with van der Waals surface area (Å²) in [5.74, 6) is 0. The van der Waals surface area contributed by atoms with Crippen LogP contribution in [0.15, 0.2) is 22.7 Å². The van der Waals surface area contributed by atoms with Crippen LogP contribution < -0.4 is 4.90 Å². The van der Waals surface area contributed by atoms with Crippen LogP contribution in [0.4, 0.5) is 5.69 Å². The summed E-state index contributed by atoms with van der Waals surface area (Å²) in [4.78, 5) is 4.43. The van der Waals surface area contributed by atoms with Gasteiger partial charge in [0.2, 0.25) is 0 Å². The average Bonchev–Trinajstić information content (AvgIpc) is 2.29. The molecule has 1 unspecified atom stereocenters. The highest BCUT2D eigenvalue weighted by Gasteiger charge is 2.17. The van der Waals surface area contributed by atoms with Crippen LogP contribution in [0.5, 0.6) is 0 Å². The molecule has 1 atom stereocenters. The van der Waals surface area contributed by atoms with Crippen molar-refractivity contribution in [1.82, 2.24) is 4.90 Å². The predicted octanol–water partition coefficient (Wildman–Crippen LogP) is 3.10. The van der Waals surface area contributed by atoms with E-state index in [4.69, 9.17) is 0 Å². The molecule has 0 aromatic heterocycles. The molecule has 0 saturated heterocycles. The molecule has 18 heavy (non-hydrogen) atoms. The largest absolute Gasteiger partial charge is 0.367 e. The fourth-order valence-electron chi connectivity index (χ4n) is 2.21. The lowest BCUT2D eigenvalue weighted by atomic mass is 10.1. The van der Waals surface area contributed by atoms with Gasteiger partial charge in [-0.25, -0.2) is 0 Å². The number of anilines is 1. The second-order valence-corrected chi connectivity index (χ2v) is 5.50. The summed E-state index contributed by atoms with van der Waals surface area (Å²) in [5, 5.41) is 9.29. The van der Waals surface area contributed by atoms with Crippen molar-refractivity contribution in [3.05, 3.63) is 28.2 Å². The zero-order valence-electron chi connectivity index (χ0n) is 11.4. The standard InChI is InChI=1S/C14H20BrN3/c1-5-18(11(2)10-17(3)4)14-8-6-7-13(15)12(14)9-16/h6-8,11H,5,10H2,1-4H3. The van der Waals surface area contributed by atoms with E-state index in [2.05, 4.69) is 59.7 Å². The van der Waals surface area contributed by atoms with Crippen LogP contribution in [0.25, 0.3) is 0 Å². The van der Waals surface area contributed by atoms with Crippen molar-refractivity contribution >= 4 is 21.6 Å². The third-order valence-corrected chi connectivity index (χ3v) is 3.58. The number of benzene rings is 1. The van der Waals surface area contributed by atoms with Crippen molar-refractivity contribution in [2.24, 2.45) is 0 Å². The number of likely N-dealkylation sites (N-methyl/N-ethyl adjacent to an activating group) is 2. The Hall–Kier alpha value is -1.05. The summed E-state index contributed by atoms with van der Waals surface area (Å²) >= 11 is 3.45. The van der Waals surface area contributed by atoms with Gasteiger partial charge >= 0.3 is 0 Å². The van der Waals surface area contributed by atoms with Gasteiger partial charge in [0.15, 0.2) is 0 Å². The molecule has 0 saturated carbocycles. The molecule has 1 aromatic rings. The van der Waals surface area contributed by atoms with Crippen molar-refractivity contribution in [2.45, 2.75) is 19.9 Å². The van der Waals surface area contributed by atoms with Gasteiger partial charge in [-0.1, -0.05) is 6.07 Å². The summed E-state index contributed by atoms with van der Waals surface area (Å²) in [6, 6.07) is 8.55. The third-order valence-electron chi connectivity index (χ3n) is 2.91. The minimum absolute atomic E-state index is 0.367. The molecule has 0 aliphatic rings. The maximum absolute atomic E-state index is 9.29. The number of halogens is 1. The monoisotopic (exact) mass is 309 g/mol. The molecule has 0 spiro atoms. The molecule has 1 aromatic carbocycles. The highest BCUT2D eigenvalue weighted by Crippen LogP contribution is 2.28. The number of hydrogen-bond acceptors (Lipinski definition) is 3. The topological polar surface area (TPSA) is 30.3 Å². The molecule has 0 amide bonds. The number of rotatable bonds is 5. The number of hydrogen-bond donors (Lipinski definition) is 0. The molecule has 0 radical (unpaired) electrons. The average molecular weight is 310 g/mol. The Balaban J connectivity index is 3.10. The van der Waals surface area contributed by atoms with Gasteiger partial charge < -0.3 is 9.80 Å². The van der Waals surface area contributed by atoms with Gasteiger partial charge in [-0.05, 0) is 56.0 Å². The first-order chi connectivity index (χ1) is 8.51. The molecule has 3 nitrogen and oxygen atoms in total. The summed E-state index contributed by atoms with van der Waals surface area (Å²) in [7, 11) is 4.13. The minimum Gasteiger partial charge on any atom is -0.367 e. The van der Waals surface area contributed by atoms with Crippen molar-refractivity contribution in [1.29, 1.82) is 5.26 Å². The third kappa shape index (κ3) is 3.47. The lowest BCUT2D eigenvalue weighted by molar-refractivity contribution is 0.373. The predicted molar refractivity (Wildman–Crippen MR) is 79.9 cm³/mol. The van der Waals surface area contributed by atoms with Gasteiger partial charge in [0.05, 0.1) is 11.3 Å². The molecule has 0 N–H and O–H groups in total. The molecule has 1 rings (SSSR count). The van der Waals surface area contributed by atoms with E-state index >= 15 is 0 Å². The molecule has 0 fully saturated rings. The molecular weight excluding hydrogens is 290 g/mol. The zero-order chi connectivity index (χ0) is 13.7. The van der Waals surface area contributed by atoms with E-state index in [0.29, 0.717) is 11.6 Å². The lowest BCUT2D eigenvalue weighted by Crippen LogP contribution is -2.40. The van der Waals surface area contributed by atoms with Crippen molar-refractivity contribution < 1.29 is 0 Å². The van der Waals surface area contributed by atoms with Crippen LogP contribution in [0.1, 0.15) is 19.4 Å². The molecular formula is C14H20BrN3. The first-order valence-corrected chi connectivity index (χ1v) is 6.90. The fourth-order valence-corrected chi connectivity index (χ4v) is 2.65. The maximum Gasteiger partial charge on any atom is 0.103 e. The van der Waals surface area contributed by atoms with E-state index in [1.807, 2.05) is 18.2 Å². The summed E-state index contributed by atoms with van der Waals surface area (Å²) in [6.07, 6.45) is 0. The maximum atomic E-state index is 9.29. The minimum atomic E-state index is 0.367. The lowest BCUT2D eigenvalue weighted by Gasteiger charge is -2.32. The van der Waals surface area contributed by atoms with Crippen molar-refractivity contribution in [3.63, 3.8) is 0 Å². The quantitative estimate of drug-likeness (QED) is 0.837. The molecule has 98 valence electrons. The zero-order valence-corrected chi connectivity index (χ0v) is 13.0. The van der Waals surface area contributed by atoms with Crippen LogP contribution in [-0.2, 0) is 0 Å². The molecule has 0 aliphatic heterocycles. The summed E-state index contributed by atoms with van der Waals surface area (Å²) < 4.78 is 0.859. The number of nitriles is 1. The highest BCUT2D eigenvalue weighted by atomic mass is 79.9. The smallest absolute Gasteiger partial charge is 0.103 e. The first kappa shape index (κ1) is 15.0. The van der Waals surface area contributed by atoms with E-state index in [9.17, 15) is 5.26 Å². The fraction of sp³-hybridized carbons (Fsp3) is 0.500. The van der Waals surface area contributed by atoms with Gasteiger partial charge in [-0.15, -0.1) is 0 Å². The van der Waals surface area contributed by atoms with Crippen LogP contribution in [-0.4, -0.2) is 38.1 Å². The van der Waals surface area contributed by atoms with E-state index < -0.39 is 0 Å². The second kappa shape index (κ2) is 6.77. The molecule has 0 heterocycles. The molecule has 0 bridgehead atoms. The first-order valence-electron chi connectivity index (χ1n) is 6.11. The van der Waals surface area contributed by atoms with Crippen LogP contribution in [0, 0.1) is 11.3 Å². The van der Waals surface area contributed by atoms with Gasteiger partial charge in [0.25, 0.3) is 0 Å². The summed E-state index contributed by atoms with van der Waals surface area (Å²) in [5.41, 5.74) is 1.72. The van der Waals surface area contributed by atoms with Crippen molar-refractivity contribution in [2.75, 3.05) is 32.1 Å². The SMILES string of the molecule is CCN(c1cccc(Br)c1C#N)C(C)CN(C)C. The Morgan fingerprint density at radius 3 is 2.56 bits per heavy atom. The Kier molecular flexibility index (Phi) is 5.64. The molecule has 4 heteroatoms. The second-order valence-electron chi connectivity index (χ2n) is 4.64.